The van der Waals surface area contributed by atoms with E-state index in [0.717, 1.165) is 6.08 Å². The molecule has 0 saturated heterocycles. The van der Waals surface area contributed by atoms with Crippen molar-refractivity contribution in [3.63, 3.8) is 0 Å². The van der Waals surface area contributed by atoms with Crippen molar-refractivity contribution in [3.8, 4) is 0 Å². The summed E-state index contributed by atoms with van der Waals surface area (Å²) < 4.78 is 26.8. The van der Waals surface area contributed by atoms with Crippen LogP contribution in [0.25, 0.3) is 17.0 Å². The Morgan fingerprint density at radius 3 is 2.83 bits per heavy atom. The molecule has 2 heterocycles. The molecule has 0 saturated carbocycles. The lowest BCUT2D eigenvalue weighted by atomic mass is 10.2. The van der Waals surface area contributed by atoms with Crippen molar-refractivity contribution in [2.45, 2.75) is 4.90 Å². The number of hydrogen-bond donors (Lipinski definition) is 1. The van der Waals surface area contributed by atoms with Crippen molar-refractivity contribution in [2.24, 2.45) is 0 Å². The highest BCUT2D eigenvalue weighted by atomic mass is 32.2. The molecule has 3 rings (SSSR count). The number of amides is 1. The van der Waals surface area contributed by atoms with E-state index in [1.165, 1.54) is 23.5 Å². The van der Waals surface area contributed by atoms with Gasteiger partial charge in [-0.3, -0.25) is 9.78 Å². The number of nitrogens with zero attached hydrogens (tertiary/aromatic N) is 2. The Bertz CT molecular complexity index is 975. The van der Waals surface area contributed by atoms with Gasteiger partial charge in [-0.2, -0.15) is 0 Å². The molecule has 0 aliphatic rings. The van der Waals surface area contributed by atoms with Crippen molar-refractivity contribution in [1.29, 1.82) is 0 Å². The van der Waals surface area contributed by atoms with Gasteiger partial charge in [0.2, 0.25) is 0 Å². The minimum Gasteiger partial charge on any atom is -0.269 e. The van der Waals surface area contributed by atoms with Gasteiger partial charge >= 0.3 is 0 Å². The van der Waals surface area contributed by atoms with Gasteiger partial charge in [-0.05, 0) is 30.3 Å². The lowest BCUT2D eigenvalue weighted by Crippen LogP contribution is -2.29. The first-order valence-corrected chi connectivity index (χ1v) is 8.96. The molecule has 6 nitrogen and oxygen atoms in total. The second kappa shape index (κ2) is 6.27. The number of hydrogen-bond acceptors (Lipinski definition) is 6. The van der Waals surface area contributed by atoms with Gasteiger partial charge in [0.25, 0.3) is 15.9 Å². The van der Waals surface area contributed by atoms with Crippen LogP contribution in [-0.4, -0.2) is 24.3 Å². The fourth-order valence-electron chi connectivity index (χ4n) is 2.00. The zero-order chi connectivity index (χ0) is 16.3. The summed E-state index contributed by atoms with van der Waals surface area (Å²) in [5.74, 6) is -0.737. The third-order valence-corrected chi connectivity index (χ3v) is 5.00. The maximum absolute atomic E-state index is 12.4. The topological polar surface area (TPSA) is 89.0 Å². The Hall–Kier alpha value is -2.58. The predicted octanol–water partition coefficient (Wildman–Crippen LogP) is 2.21. The van der Waals surface area contributed by atoms with Crippen molar-refractivity contribution >= 4 is 44.2 Å². The van der Waals surface area contributed by atoms with Gasteiger partial charge in [-0.15, -0.1) is 11.3 Å². The van der Waals surface area contributed by atoms with Crippen LogP contribution in [0, 0.1) is 0 Å². The molecular weight excluding hydrogens is 334 g/mol. The Morgan fingerprint density at radius 1 is 1.17 bits per heavy atom. The Morgan fingerprint density at radius 2 is 2.04 bits per heavy atom. The fourth-order valence-corrected chi connectivity index (χ4v) is 3.68. The minimum absolute atomic E-state index is 0.0125. The first-order chi connectivity index (χ1) is 11.1. The molecular formula is C15H11N3O3S2. The van der Waals surface area contributed by atoms with Crippen LogP contribution in [0.15, 0.2) is 58.4 Å². The zero-order valence-corrected chi connectivity index (χ0v) is 13.3. The fraction of sp³-hybridized carbons (Fsp3) is 0. The largest absolute Gasteiger partial charge is 0.269 e. The van der Waals surface area contributed by atoms with Crippen molar-refractivity contribution in [3.05, 3.63) is 59.2 Å². The summed E-state index contributed by atoms with van der Waals surface area (Å²) in [6.45, 7) is 0. The Kier molecular flexibility index (Phi) is 4.18. The highest BCUT2D eigenvalue weighted by Gasteiger charge is 2.19. The van der Waals surface area contributed by atoms with Crippen LogP contribution in [0.3, 0.4) is 0 Å². The van der Waals surface area contributed by atoms with E-state index >= 15 is 0 Å². The SMILES string of the molecule is O=C(C=Cc1cscn1)NS(=O)(=O)c1cccc2ncccc12. The molecule has 0 fully saturated rings. The summed E-state index contributed by atoms with van der Waals surface area (Å²) >= 11 is 1.38. The van der Waals surface area contributed by atoms with E-state index < -0.39 is 15.9 Å². The number of aromatic nitrogens is 2. The van der Waals surface area contributed by atoms with Crippen LogP contribution in [-0.2, 0) is 14.8 Å². The van der Waals surface area contributed by atoms with Crippen molar-refractivity contribution < 1.29 is 13.2 Å². The highest BCUT2D eigenvalue weighted by molar-refractivity contribution is 7.90. The highest BCUT2D eigenvalue weighted by Crippen LogP contribution is 2.20. The summed E-state index contributed by atoms with van der Waals surface area (Å²) in [5.41, 5.74) is 2.76. The summed E-state index contributed by atoms with van der Waals surface area (Å²) in [6, 6.07) is 8.01. The molecule has 8 heteroatoms. The van der Waals surface area contributed by atoms with E-state index in [4.69, 9.17) is 0 Å². The number of carbonyl (C=O) groups is 1. The Balaban J connectivity index is 1.87. The molecule has 2 aromatic heterocycles. The van der Waals surface area contributed by atoms with Gasteiger partial charge in [-0.1, -0.05) is 6.07 Å². The summed E-state index contributed by atoms with van der Waals surface area (Å²) in [5, 5.41) is 2.20. The molecule has 1 aromatic carbocycles. The van der Waals surface area contributed by atoms with E-state index in [1.54, 1.807) is 41.4 Å². The number of rotatable bonds is 4. The van der Waals surface area contributed by atoms with Crippen LogP contribution in [0.4, 0.5) is 0 Å². The number of pyridine rings is 1. The molecule has 1 N–H and O–H groups in total. The standard InChI is InChI=1S/C15H11N3O3S2/c19-15(7-6-11-9-22-10-17-11)18-23(20,21)14-5-1-4-13-12(14)3-2-8-16-13/h1-10H,(H,18,19). The normalized spacial score (nSPS) is 11.8. The summed E-state index contributed by atoms with van der Waals surface area (Å²) in [6.07, 6.45) is 4.16. The zero-order valence-electron chi connectivity index (χ0n) is 11.7. The molecule has 0 spiro atoms. The molecule has 0 aliphatic heterocycles. The molecule has 0 bridgehead atoms. The van der Waals surface area contributed by atoms with E-state index in [0.29, 0.717) is 16.6 Å². The molecule has 1 amide bonds. The number of fused-ring (bicyclic) bond motifs is 1. The second-order valence-electron chi connectivity index (χ2n) is 4.54. The summed E-state index contributed by atoms with van der Waals surface area (Å²) in [7, 11) is -3.99. The quantitative estimate of drug-likeness (QED) is 0.732. The Labute approximate surface area is 136 Å². The van der Waals surface area contributed by atoms with Gasteiger partial charge in [0.1, 0.15) is 0 Å². The van der Waals surface area contributed by atoms with Crippen LogP contribution in [0.5, 0.6) is 0 Å². The average molecular weight is 345 g/mol. The van der Waals surface area contributed by atoms with Crippen molar-refractivity contribution in [2.75, 3.05) is 0 Å². The molecule has 0 radical (unpaired) electrons. The van der Waals surface area contributed by atoms with Gasteiger partial charge in [0, 0.05) is 23.0 Å². The number of benzene rings is 1. The first-order valence-electron chi connectivity index (χ1n) is 6.53. The maximum atomic E-state index is 12.4. The van der Waals surface area contributed by atoms with Crippen LogP contribution < -0.4 is 4.72 Å². The lowest BCUT2D eigenvalue weighted by Gasteiger charge is -2.07. The number of nitrogens with one attached hydrogen (secondary N) is 1. The van der Waals surface area contributed by atoms with E-state index in [9.17, 15) is 13.2 Å². The second-order valence-corrected chi connectivity index (χ2v) is 6.91. The average Bonchev–Trinajstić information content (AvgIpc) is 3.05. The van der Waals surface area contributed by atoms with Crippen LogP contribution >= 0.6 is 11.3 Å². The van der Waals surface area contributed by atoms with Gasteiger partial charge in [0.05, 0.1) is 21.6 Å². The van der Waals surface area contributed by atoms with E-state index in [-0.39, 0.29) is 4.90 Å². The molecule has 0 aliphatic carbocycles. The number of sulfonamides is 1. The lowest BCUT2D eigenvalue weighted by molar-refractivity contribution is -0.114. The van der Waals surface area contributed by atoms with Crippen LogP contribution in [0.1, 0.15) is 5.69 Å². The molecule has 23 heavy (non-hydrogen) atoms. The van der Waals surface area contributed by atoms with Gasteiger partial charge < -0.3 is 0 Å². The molecule has 0 unspecified atom stereocenters. The number of carbonyl (C=O) groups excluding carboxylic acids is 1. The number of thiazole rings is 1. The van der Waals surface area contributed by atoms with Gasteiger partial charge in [0.15, 0.2) is 0 Å². The van der Waals surface area contributed by atoms with E-state index in [1.807, 2.05) is 4.72 Å². The monoisotopic (exact) mass is 345 g/mol. The maximum Gasteiger partial charge on any atom is 0.264 e. The van der Waals surface area contributed by atoms with Crippen molar-refractivity contribution in [1.82, 2.24) is 14.7 Å². The first kappa shape index (κ1) is 15.3. The van der Waals surface area contributed by atoms with E-state index in [2.05, 4.69) is 9.97 Å². The smallest absolute Gasteiger partial charge is 0.264 e. The minimum atomic E-state index is -3.99. The van der Waals surface area contributed by atoms with Crippen LogP contribution in [0.2, 0.25) is 0 Å². The summed E-state index contributed by atoms with van der Waals surface area (Å²) in [4.78, 5) is 19.9. The molecule has 0 atom stereocenters. The molecule has 116 valence electrons. The molecule has 3 aromatic rings. The third kappa shape index (κ3) is 3.43. The third-order valence-electron chi connectivity index (χ3n) is 2.99. The predicted molar refractivity (Wildman–Crippen MR) is 88.2 cm³/mol. The van der Waals surface area contributed by atoms with Gasteiger partial charge in [-0.25, -0.2) is 18.1 Å².